The zero-order valence-electron chi connectivity index (χ0n) is 10.5. The quantitative estimate of drug-likeness (QED) is 0.704. The van der Waals surface area contributed by atoms with E-state index in [1.807, 2.05) is 13.0 Å². The third-order valence-corrected chi connectivity index (χ3v) is 4.13. The molecular formula is C13H22O3. The summed E-state index contributed by atoms with van der Waals surface area (Å²) in [5.74, 6) is 0. The van der Waals surface area contributed by atoms with Crippen molar-refractivity contribution in [2.24, 2.45) is 5.41 Å². The van der Waals surface area contributed by atoms with Crippen LogP contribution in [-0.4, -0.2) is 33.6 Å². The summed E-state index contributed by atoms with van der Waals surface area (Å²) in [5.41, 5.74) is -1.59. The Bertz CT molecular complexity index is 297. The van der Waals surface area contributed by atoms with Crippen LogP contribution in [0.4, 0.5) is 0 Å². The van der Waals surface area contributed by atoms with Gasteiger partial charge in [-0.1, -0.05) is 26.0 Å². The van der Waals surface area contributed by atoms with E-state index in [9.17, 15) is 10.2 Å². The van der Waals surface area contributed by atoms with Gasteiger partial charge in [0.15, 0.2) is 0 Å². The molecule has 2 aliphatic heterocycles. The summed E-state index contributed by atoms with van der Waals surface area (Å²) in [7, 11) is 0. The summed E-state index contributed by atoms with van der Waals surface area (Å²) in [4.78, 5) is 0. The number of fused-ring (bicyclic) bond motifs is 2. The number of hydrogen-bond donors (Lipinski definition) is 2. The Hall–Kier alpha value is -0.380. The molecule has 2 rings (SSSR count). The van der Waals surface area contributed by atoms with E-state index in [2.05, 4.69) is 13.8 Å². The Morgan fingerprint density at radius 2 is 1.94 bits per heavy atom. The smallest absolute Gasteiger partial charge is 0.120 e. The van der Waals surface area contributed by atoms with Crippen molar-refractivity contribution in [3.05, 3.63) is 12.2 Å². The molecule has 4 atom stereocenters. The summed E-state index contributed by atoms with van der Waals surface area (Å²) < 4.78 is 5.99. The lowest BCUT2D eigenvalue weighted by molar-refractivity contribution is -0.115. The minimum atomic E-state index is -0.842. The van der Waals surface area contributed by atoms with Crippen LogP contribution in [0, 0.1) is 5.41 Å². The van der Waals surface area contributed by atoms with E-state index in [1.54, 1.807) is 13.0 Å². The molecule has 0 unspecified atom stereocenters. The van der Waals surface area contributed by atoms with Crippen molar-refractivity contribution in [3.63, 3.8) is 0 Å². The van der Waals surface area contributed by atoms with E-state index < -0.39 is 17.3 Å². The predicted molar refractivity (Wildman–Crippen MR) is 62.1 cm³/mol. The van der Waals surface area contributed by atoms with Gasteiger partial charge in [-0.3, -0.25) is 0 Å². The molecule has 0 aliphatic carbocycles. The monoisotopic (exact) mass is 226 g/mol. The van der Waals surface area contributed by atoms with Gasteiger partial charge < -0.3 is 14.9 Å². The van der Waals surface area contributed by atoms with Gasteiger partial charge in [0.05, 0.1) is 17.8 Å². The van der Waals surface area contributed by atoms with E-state index in [1.165, 1.54) is 0 Å². The average molecular weight is 226 g/mol. The topological polar surface area (TPSA) is 49.7 Å². The van der Waals surface area contributed by atoms with Crippen molar-refractivity contribution >= 4 is 0 Å². The van der Waals surface area contributed by atoms with Crippen LogP contribution in [0.1, 0.15) is 40.5 Å². The van der Waals surface area contributed by atoms with Gasteiger partial charge >= 0.3 is 0 Å². The second kappa shape index (κ2) is 3.31. The molecule has 2 saturated heterocycles. The van der Waals surface area contributed by atoms with Gasteiger partial charge in [-0.2, -0.15) is 0 Å². The summed E-state index contributed by atoms with van der Waals surface area (Å²) in [5, 5.41) is 19.9. The maximum atomic E-state index is 10.5. The molecule has 16 heavy (non-hydrogen) atoms. The van der Waals surface area contributed by atoms with Crippen molar-refractivity contribution in [2.75, 3.05) is 0 Å². The molecule has 3 heteroatoms. The van der Waals surface area contributed by atoms with Gasteiger partial charge in [0, 0.05) is 11.8 Å². The molecule has 0 aromatic rings. The van der Waals surface area contributed by atoms with Gasteiger partial charge in [0.25, 0.3) is 0 Å². The van der Waals surface area contributed by atoms with E-state index in [0.29, 0.717) is 6.42 Å². The highest BCUT2D eigenvalue weighted by Gasteiger charge is 2.67. The molecule has 0 amide bonds. The average Bonchev–Trinajstić information content (AvgIpc) is 2.46. The molecule has 0 aromatic carbocycles. The maximum absolute atomic E-state index is 10.5. The number of aliphatic hydroxyl groups excluding tert-OH is 1. The molecule has 2 aliphatic rings. The van der Waals surface area contributed by atoms with Gasteiger partial charge in [-0.15, -0.1) is 0 Å². The third kappa shape index (κ3) is 1.45. The second-order valence-electron chi connectivity index (χ2n) is 6.14. The van der Waals surface area contributed by atoms with Crippen LogP contribution in [-0.2, 0) is 4.74 Å². The van der Waals surface area contributed by atoms with Crippen molar-refractivity contribution in [1.82, 2.24) is 0 Å². The minimum absolute atomic E-state index is 0.0925. The van der Waals surface area contributed by atoms with E-state index >= 15 is 0 Å². The molecule has 3 nitrogen and oxygen atoms in total. The number of aliphatic hydroxyl groups is 2. The third-order valence-electron chi connectivity index (χ3n) is 4.13. The second-order valence-corrected chi connectivity index (χ2v) is 6.14. The minimum Gasteiger partial charge on any atom is -0.389 e. The van der Waals surface area contributed by atoms with Crippen LogP contribution in [0.15, 0.2) is 12.2 Å². The highest BCUT2D eigenvalue weighted by Crippen LogP contribution is 2.60. The molecule has 2 heterocycles. The zero-order valence-corrected chi connectivity index (χ0v) is 10.5. The lowest BCUT2D eigenvalue weighted by atomic mass is 9.61. The summed E-state index contributed by atoms with van der Waals surface area (Å²) in [6.07, 6.45) is 4.86. The molecule has 2 fully saturated rings. The normalized spacial score (nSPS) is 47.8. The van der Waals surface area contributed by atoms with Gasteiger partial charge in [-0.05, 0) is 20.3 Å². The fourth-order valence-electron chi connectivity index (χ4n) is 3.47. The molecular weight excluding hydrogens is 204 g/mol. The van der Waals surface area contributed by atoms with Crippen molar-refractivity contribution < 1.29 is 14.9 Å². The molecule has 0 aromatic heterocycles. The van der Waals surface area contributed by atoms with Crippen LogP contribution >= 0.6 is 0 Å². The molecule has 0 spiro atoms. The zero-order chi connectivity index (χ0) is 12.2. The van der Waals surface area contributed by atoms with Crippen molar-refractivity contribution in [3.8, 4) is 0 Å². The summed E-state index contributed by atoms with van der Waals surface area (Å²) >= 11 is 0. The maximum Gasteiger partial charge on any atom is 0.120 e. The lowest BCUT2D eigenvalue weighted by Gasteiger charge is -2.46. The Balaban J connectivity index is 2.40. The summed E-state index contributed by atoms with van der Waals surface area (Å²) in [6, 6.07) is 0. The molecule has 0 saturated carbocycles. The van der Waals surface area contributed by atoms with Crippen LogP contribution < -0.4 is 0 Å². The lowest BCUT2D eigenvalue weighted by Crippen LogP contribution is -2.56. The van der Waals surface area contributed by atoms with Crippen LogP contribution in [0.25, 0.3) is 0 Å². The van der Waals surface area contributed by atoms with Crippen molar-refractivity contribution in [2.45, 2.75) is 63.9 Å². The van der Waals surface area contributed by atoms with Gasteiger partial charge in [0.1, 0.15) is 5.60 Å². The standard InChI is InChI=1S/C13H22O3/c1-9(14)5-6-13-11(2,3)7-10(16-13)8-12(13,4)15/h5-6,9-10,14-15H,7-8H2,1-4H3/b6-5+/t9-,10-,12+,13+/m1/s1. The van der Waals surface area contributed by atoms with E-state index in [4.69, 9.17) is 4.74 Å². The van der Waals surface area contributed by atoms with Gasteiger partial charge in [0.2, 0.25) is 0 Å². The number of hydrogen-bond acceptors (Lipinski definition) is 3. The first-order chi connectivity index (χ1) is 7.20. The first-order valence-corrected chi connectivity index (χ1v) is 5.98. The SMILES string of the molecule is C[C@@H](O)/C=C/[C@]12O[C@H](CC1(C)C)C[C@]2(C)O. The van der Waals surface area contributed by atoms with E-state index in [0.717, 1.165) is 6.42 Å². The molecule has 0 radical (unpaired) electrons. The number of ether oxygens (including phenoxy) is 1. The van der Waals surface area contributed by atoms with E-state index in [-0.39, 0.29) is 11.5 Å². The molecule has 2 bridgehead atoms. The van der Waals surface area contributed by atoms with Crippen LogP contribution in [0.5, 0.6) is 0 Å². The fourth-order valence-corrected chi connectivity index (χ4v) is 3.47. The van der Waals surface area contributed by atoms with Crippen molar-refractivity contribution in [1.29, 1.82) is 0 Å². The largest absolute Gasteiger partial charge is 0.389 e. The Kier molecular flexibility index (Phi) is 2.50. The van der Waals surface area contributed by atoms with Crippen LogP contribution in [0.3, 0.4) is 0 Å². The van der Waals surface area contributed by atoms with Crippen LogP contribution in [0.2, 0.25) is 0 Å². The number of rotatable bonds is 2. The summed E-state index contributed by atoms with van der Waals surface area (Å²) in [6.45, 7) is 7.77. The predicted octanol–water partition coefficient (Wildman–Crippen LogP) is 1.63. The fraction of sp³-hybridized carbons (Fsp3) is 0.846. The first kappa shape index (κ1) is 12.1. The molecule has 2 N–H and O–H groups in total. The highest BCUT2D eigenvalue weighted by molar-refractivity contribution is 5.27. The Morgan fingerprint density at radius 3 is 2.38 bits per heavy atom. The van der Waals surface area contributed by atoms with Gasteiger partial charge in [-0.25, -0.2) is 0 Å². The molecule has 92 valence electrons. The highest BCUT2D eigenvalue weighted by atomic mass is 16.5. The first-order valence-electron chi connectivity index (χ1n) is 5.98. The Morgan fingerprint density at radius 1 is 1.31 bits per heavy atom. The Labute approximate surface area is 97.1 Å².